The number of rotatable bonds is 10. The molecule has 1 saturated heterocycles. The Labute approximate surface area is 261 Å². The highest BCUT2D eigenvalue weighted by Gasteiger charge is 2.25. The van der Waals surface area contributed by atoms with Crippen LogP contribution in [0, 0.1) is 0 Å². The molecule has 44 heavy (non-hydrogen) atoms. The molecule has 230 valence electrons. The largest absolute Gasteiger partial charge is 0.489 e. The Morgan fingerprint density at radius 1 is 1.00 bits per heavy atom. The fourth-order valence-electron chi connectivity index (χ4n) is 5.26. The van der Waals surface area contributed by atoms with Gasteiger partial charge >= 0.3 is 6.03 Å². The number of fused-ring (bicyclic) bond motifs is 3. The number of carbonyl (C=O) groups excluding carboxylic acids is 1. The molecular weight excluding hydrogens is 584 g/mol. The molecule has 1 unspecified atom stereocenters. The van der Waals surface area contributed by atoms with Crippen LogP contribution in [0.15, 0.2) is 66.9 Å². The van der Waals surface area contributed by atoms with Crippen LogP contribution in [0.1, 0.15) is 24.9 Å². The standard InChI is InChI=1S/C33H35ClN4O6/c1-22(25-5-2-3-6-26(25)34)36-33(39)37-23-7-9-24(10-8-23)44-28-11-12-35-27-21-29(31-32(30(27)28)43-20-19-42-31)41-16-4-13-38-14-17-40-18-15-38/h2-3,5-12,21-22H,4,13-20H2,1H3,(H2,36,37,39). The quantitative estimate of drug-likeness (QED) is 0.196. The number of aromatic nitrogens is 1. The molecule has 2 aliphatic heterocycles. The lowest BCUT2D eigenvalue weighted by Gasteiger charge is -2.26. The number of morpholine rings is 1. The first kappa shape index (κ1) is 29.8. The lowest BCUT2D eigenvalue weighted by molar-refractivity contribution is 0.0357. The molecule has 1 aromatic heterocycles. The Bertz CT molecular complexity index is 1600. The maximum absolute atomic E-state index is 12.6. The van der Waals surface area contributed by atoms with Crippen LogP contribution >= 0.6 is 11.6 Å². The van der Waals surface area contributed by atoms with Gasteiger partial charge in [0.25, 0.3) is 0 Å². The molecule has 10 nitrogen and oxygen atoms in total. The molecule has 0 spiro atoms. The number of hydrogen-bond acceptors (Lipinski definition) is 8. The molecule has 6 rings (SSSR count). The van der Waals surface area contributed by atoms with Gasteiger partial charge in [-0.05, 0) is 55.3 Å². The van der Waals surface area contributed by atoms with E-state index in [0.29, 0.717) is 70.2 Å². The summed E-state index contributed by atoms with van der Waals surface area (Å²) in [6.45, 7) is 7.69. The van der Waals surface area contributed by atoms with E-state index in [1.165, 1.54) is 0 Å². The predicted octanol–water partition coefficient (Wildman–Crippen LogP) is 6.44. The SMILES string of the molecule is CC(NC(=O)Nc1ccc(Oc2ccnc3cc(OCCCN4CCOCC4)c4c(c23)OCCO4)cc1)c1ccccc1Cl. The van der Waals surface area contributed by atoms with Crippen molar-refractivity contribution >= 4 is 34.2 Å². The second kappa shape index (κ2) is 14.0. The summed E-state index contributed by atoms with van der Waals surface area (Å²) in [6, 6.07) is 17.6. The summed E-state index contributed by atoms with van der Waals surface area (Å²) in [6.07, 6.45) is 2.58. The van der Waals surface area contributed by atoms with Crippen molar-refractivity contribution in [3.05, 3.63) is 77.4 Å². The third kappa shape index (κ3) is 7.10. The van der Waals surface area contributed by atoms with Crippen LogP contribution in [0.4, 0.5) is 10.5 Å². The highest BCUT2D eigenvalue weighted by Crippen LogP contribution is 2.48. The molecule has 4 aromatic rings. The summed E-state index contributed by atoms with van der Waals surface area (Å²) in [5.74, 6) is 2.88. The smallest absolute Gasteiger partial charge is 0.319 e. The maximum Gasteiger partial charge on any atom is 0.319 e. The van der Waals surface area contributed by atoms with Crippen molar-refractivity contribution in [2.24, 2.45) is 0 Å². The summed E-state index contributed by atoms with van der Waals surface area (Å²) < 4.78 is 30.0. The highest BCUT2D eigenvalue weighted by atomic mass is 35.5. The lowest BCUT2D eigenvalue weighted by Crippen LogP contribution is -2.37. The van der Waals surface area contributed by atoms with Gasteiger partial charge in [-0.1, -0.05) is 29.8 Å². The van der Waals surface area contributed by atoms with Gasteiger partial charge in [0.15, 0.2) is 11.5 Å². The minimum Gasteiger partial charge on any atom is -0.489 e. The van der Waals surface area contributed by atoms with Crippen LogP contribution in [0.2, 0.25) is 5.02 Å². The third-order valence-electron chi connectivity index (χ3n) is 7.48. The first-order chi connectivity index (χ1) is 21.5. The van der Waals surface area contributed by atoms with E-state index >= 15 is 0 Å². The molecule has 1 atom stereocenters. The summed E-state index contributed by atoms with van der Waals surface area (Å²) in [7, 11) is 0. The molecule has 0 aliphatic carbocycles. The van der Waals surface area contributed by atoms with Gasteiger partial charge in [-0.3, -0.25) is 9.88 Å². The summed E-state index contributed by atoms with van der Waals surface area (Å²) >= 11 is 6.26. The van der Waals surface area contributed by atoms with Gasteiger partial charge in [-0.15, -0.1) is 0 Å². The summed E-state index contributed by atoms with van der Waals surface area (Å²) in [4.78, 5) is 19.6. The molecule has 3 aromatic carbocycles. The van der Waals surface area contributed by atoms with E-state index in [-0.39, 0.29) is 12.1 Å². The van der Waals surface area contributed by atoms with Crippen molar-refractivity contribution < 1.29 is 28.5 Å². The van der Waals surface area contributed by atoms with Crippen LogP contribution in [-0.2, 0) is 4.74 Å². The third-order valence-corrected chi connectivity index (χ3v) is 7.83. The van der Waals surface area contributed by atoms with Crippen molar-refractivity contribution in [3.63, 3.8) is 0 Å². The Morgan fingerprint density at radius 3 is 2.57 bits per heavy atom. The van der Waals surface area contributed by atoms with Gasteiger partial charge in [0, 0.05) is 42.6 Å². The number of urea groups is 1. The summed E-state index contributed by atoms with van der Waals surface area (Å²) in [5.41, 5.74) is 2.14. The molecule has 0 bridgehead atoms. The number of hydrogen-bond donors (Lipinski definition) is 2. The fourth-order valence-corrected chi connectivity index (χ4v) is 5.56. The van der Waals surface area contributed by atoms with Crippen LogP contribution in [0.3, 0.4) is 0 Å². The van der Waals surface area contributed by atoms with Gasteiger partial charge in [-0.2, -0.15) is 0 Å². The topological polar surface area (TPSA) is 103 Å². The molecule has 2 aliphatic rings. The highest BCUT2D eigenvalue weighted by molar-refractivity contribution is 6.31. The number of ether oxygens (including phenoxy) is 5. The van der Waals surface area contributed by atoms with Crippen LogP contribution in [0.25, 0.3) is 10.9 Å². The number of anilines is 1. The summed E-state index contributed by atoms with van der Waals surface area (Å²) in [5, 5.41) is 7.07. The minimum absolute atomic E-state index is 0.260. The molecule has 3 heterocycles. The Hall–Kier alpha value is -4.25. The number of carbonyl (C=O) groups is 1. The van der Waals surface area contributed by atoms with Crippen LogP contribution in [0.5, 0.6) is 28.7 Å². The first-order valence-electron chi connectivity index (χ1n) is 14.8. The van der Waals surface area contributed by atoms with Crippen molar-refractivity contribution in [1.29, 1.82) is 0 Å². The second-order valence-corrected chi connectivity index (χ2v) is 11.0. The maximum atomic E-state index is 12.6. The van der Waals surface area contributed by atoms with E-state index in [9.17, 15) is 4.79 Å². The molecule has 11 heteroatoms. The van der Waals surface area contributed by atoms with Gasteiger partial charge in [0.1, 0.15) is 24.7 Å². The van der Waals surface area contributed by atoms with Gasteiger partial charge in [0.2, 0.25) is 5.75 Å². The van der Waals surface area contributed by atoms with Gasteiger partial charge < -0.3 is 34.3 Å². The zero-order valence-corrected chi connectivity index (χ0v) is 25.3. The number of benzene rings is 3. The average Bonchev–Trinajstić information content (AvgIpc) is 3.04. The number of nitrogens with zero attached hydrogens (tertiary/aromatic N) is 2. The van der Waals surface area contributed by atoms with Crippen molar-refractivity contribution in [1.82, 2.24) is 15.2 Å². The van der Waals surface area contributed by atoms with Crippen molar-refractivity contribution in [2.45, 2.75) is 19.4 Å². The Kier molecular flexibility index (Phi) is 9.50. The van der Waals surface area contributed by atoms with E-state index in [1.807, 2.05) is 31.2 Å². The molecule has 0 radical (unpaired) electrons. The fraction of sp³-hybridized carbons (Fsp3) is 0.333. The average molecular weight is 619 g/mol. The van der Waals surface area contributed by atoms with E-state index in [4.69, 9.17) is 35.3 Å². The monoisotopic (exact) mass is 618 g/mol. The van der Waals surface area contributed by atoms with E-state index in [1.54, 1.807) is 42.6 Å². The molecular formula is C33H35ClN4O6. The number of halogens is 1. The van der Waals surface area contributed by atoms with Crippen LogP contribution < -0.4 is 29.6 Å². The van der Waals surface area contributed by atoms with Crippen molar-refractivity contribution in [2.75, 3.05) is 58.0 Å². The molecule has 1 fully saturated rings. The van der Waals surface area contributed by atoms with Gasteiger partial charge in [-0.25, -0.2) is 4.79 Å². The zero-order chi connectivity index (χ0) is 30.3. The van der Waals surface area contributed by atoms with Crippen molar-refractivity contribution in [3.8, 4) is 28.7 Å². The molecule has 2 amide bonds. The minimum atomic E-state index is -0.339. The van der Waals surface area contributed by atoms with Gasteiger partial charge in [0.05, 0.1) is 36.8 Å². The second-order valence-electron chi connectivity index (χ2n) is 10.6. The first-order valence-corrected chi connectivity index (χ1v) is 15.2. The van der Waals surface area contributed by atoms with E-state index < -0.39 is 0 Å². The molecule has 0 saturated carbocycles. The predicted molar refractivity (Wildman–Crippen MR) is 169 cm³/mol. The zero-order valence-electron chi connectivity index (χ0n) is 24.5. The number of amides is 2. The normalized spacial score (nSPS) is 15.4. The van der Waals surface area contributed by atoms with E-state index in [0.717, 1.165) is 44.8 Å². The Balaban J connectivity index is 1.12. The Morgan fingerprint density at radius 2 is 1.77 bits per heavy atom. The van der Waals surface area contributed by atoms with Crippen LogP contribution in [-0.4, -0.2) is 68.6 Å². The lowest BCUT2D eigenvalue weighted by atomic mass is 10.1. The van der Waals surface area contributed by atoms with E-state index in [2.05, 4.69) is 20.5 Å². The molecule has 2 N–H and O–H groups in total. The number of nitrogens with one attached hydrogen (secondary N) is 2. The number of pyridine rings is 1.